The zero-order valence-corrected chi connectivity index (χ0v) is 11.9. The highest BCUT2D eigenvalue weighted by Crippen LogP contribution is 2.11. The molecule has 0 aliphatic carbocycles. The zero-order chi connectivity index (χ0) is 15.3. The van der Waals surface area contributed by atoms with Crippen LogP contribution < -0.4 is 4.72 Å². The SMILES string of the molecule is N#Cc1cccc(S(=O)(=O)NCCc2ccccc2F)c1. The summed E-state index contributed by atoms with van der Waals surface area (Å²) in [4.78, 5) is 0.0232. The third-order valence-corrected chi connectivity index (χ3v) is 4.38. The van der Waals surface area contributed by atoms with Crippen molar-refractivity contribution in [1.29, 1.82) is 5.26 Å². The summed E-state index contributed by atoms with van der Waals surface area (Å²) in [6.45, 7) is 0.0834. The number of hydrogen-bond donors (Lipinski definition) is 1. The highest BCUT2D eigenvalue weighted by molar-refractivity contribution is 7.89. The van der Waals surface area contributed by atoms with Gasteiger partial charge in [0.2, 0.25) is 10.0 Å². The monoisotopic (exact) mass is 304 g/mol. The maximum atomic E-state index is 13.4. The molecular weight excluding hydrogens is 291 g/mol. The van der Waals surface area contributed by atoms with Crippen LogP contribution in [0.2, 0.25) is 0 Å². The maximum absolute atomic E-state index is 13.4. The van der Waals surface area contributed by atoms with Crippen LogP contribution in [0.25, 0.3) is 0 Å². The van der Waals surface area contributed by atoms with E-state index in [9.17, 15) is 12.8 Å². The Morgan fingerprint density at radius 1 is 1.14 bits per heavy atom. The molecule has 2 aromatic carbocycles. The van der Waals surface area contributed by atoms with Gasteiger partial charge in [-0.1, -0.05) is 24.3 Å². The Morgan fingerprint density at radius 3 is 2.62 bits per heavy atom. The largest absolute Gasteiger partial charge is 0.240 e. The van der Waals surface area contributed by atoms with E-state index in [1.165, 1.54) is 30.3 Å². The summed E-state index contributed by atoms with van der Waals surface area (Å²) in [5.74, 6) is -0.358. The summed E-state index contributed by atoms with van der Waals surface area (Å²) in [5, 5.41) is 8.78. The highest BCUT2D eigenvalue weighted by Gasteiger charge is 2.14. The third kappa shape index (κ3) is 3.88. The molecule has 0 heterocycles. The predicted octanol–water partition coefficient (Wildman–Crippen LogP) is 2.22. The van der Waals surface area contributed by atoms with Crippen molar-refractivity contribution in [3.8, 4) is 6.07 Å². The molecule has 1 N–H and O–H groups in total. The lowest BCUT2D eigenvalue weighted by molar-refractivity contribution is 0.577. The maximum Gasteiger partial charge on any atom is 0.240 e. The van der Waals surface area contributed by atoms with Crippen molar-refractivity contribution in [2.75, 3.05) is 6.54 Å². The van der Waals surface area contributed by atoms with Crippen LogP contribution in [0.3, 0.4) is 0 Å². The van der Waals surface area contributed by atoms with Gasteiger partial charge < -0.3 is 0 Å². The fraction of sp³-hybridized carbons (Fsp3) is 0.133. The molecule has 0 saturated heterocycles. The molecule has 6 heteroatoms. The number of hydrogen-bond acceptors (Lipinski definition) is 3. The molecule has 0 saturated carbocycles. The molecule has 0 fully saturated rings. The number of rotatable bonds is 5. The standard InChI is InChI=1S/C15H13FN2O2S/c16-15-7-2-1-5-13(15)8-9-18-21(19,20)14-6-3-4-12(10-14)11-17/h1-7,10,18H,8-9H2. The van der Waals surface area contributed by atoms with Crippen LogP contribution in [-0.4, -0.2) is 15.0 Å². The molecule has 0 atom stereocenters. The van der Waals surface area contributed by atoms with E-state index in [2.05, 4.69) is 4.72 Å². The zero-order valence-electron chi connectivity index (χ0n) is 11.1. The molecule has 0 aliphatic rings. The summed E-state index contributed by atoms with van der Waals surface area (Å²) >= 11 is 0. The van der Waals surface area contributed by atoms with Crippen LogP contribution in [-0.2, 0) is 16.4 Å². The lowest BCUT2D eigenvalue weighted by Crippen LogP contribution is -2.26. The summed E-state index contributed by atoms with van der Waals surface area (Å²) in [6, 6.07) is 13.8. The Balaban J connectivity index is 2.05. The Hall–Kier alpha value is -2.23. The van der Waals surface area contributed by atoms with E-state index < -0.39 is 10.0 Å². The second-order valence-electron chi connectivity index (χ2n) is 4.38. The second-order valence-corrected chi connectivity index (χ2v) is 6.15. The van der Waals surface area contributed by atoms with Gasteiger partial charge in [0.1, 0.15) is 5.82 Å². The highest BCUT2D eigenvalue weighted by atomic mass is 32.2. The van der Waals surface area contributed by atoms with Gasteiger partial charge in [0, 0.05) is 6.54 Å². The van der Waals surface area contributed by atoms with Crippen molar-refractivity contribution in [3.63, 3.8) is 0 Å². The molecule has 0 spiro atoms. The number of nitrogens with zero attached hydrogens (tertiary/aromatic N) is 1. The molecule has 0 amide bonds. The second kappa shape index (κ2) is 6.48. The first-order valence-corrected chi connectivity index (χ1v) is 7.74. The normalized spacial score (nSPS) is 11.0. The smallest absolute Gasteiger partial charge is 0.211 e. The Bertz CT molecular complexity index is 782. The summed E-state index contributed by atoms with van der Waals surface area (Å²) in [6.07, 6.45) is 0.254. The summed E-state index contributed by atoms with van der Waals surface area (Å²) in [7, 11) is -3.70. The summed E-state index contributed by atoms with van der Waals surface area (Å²) in [5.41, 5.74) is 0.720. The van der Waals surface area contributed by atoms with E-state index in [1.54, 1.807) is 18.2 Å². The average Bonchev–Trinajstić information content (AvgIpc) is 2.49. The van der Waals surface area contributed by atoms with Crippen molar-refractivity contribution in [1.82, 2.24) is 4.72 Å². The van der Waals surface area contributed by atoms with Gasteiger partial charge in [0.05, 0.1) is 16.5 Å². The number of halogens is 1. The van der Waals surface area contributed by atoms with Gasteiger partial charge in [-0.25, -0.2) is 17.5 Å². The van der Waals surface area contributed by atoms with E-state index >= 15 is 0 Å². The summed E-state index contributed by atoms with van der Waals surface area (Å²) < 4.78 is 39.9. The van der Waals surface area contributed by atoms with Crippen LogP contribution in [0, 0.1) is 17.1 Å². The Morgan fingerprint density at radius 2 is 1.90 bits per heavy atom. The van der Waals surface area contributed by atoms with Crippen molar-refractivity contribution < 1.29 is 12.8 Å². The van der Waals surface area contributed by atoms with Crippen LogP contribution >= 0.6 is 0 Å². The molecule has 0 bridgehead atoms. The van der Waals surface area contributed by atoms with Crippen molar-refractivity contribution in [2.24, 2.45) is 0 Å². The van der Waals surface area contributed by atoms with E-state index in [0.29, 0.717) is 5.56 Å². The predicted molar refractivity (Wildman–Crippen MR) is 76.4 cm³/mol. The molecule has 0 aromatic heterocycles. The van der Waals surface area contributed by atoms with Gasteiger partial charge in [-0.2, -0.15) is 5.26 Å². The number of sulfonamides is 1. The molecule has 0 unspecified atom stereocenters. The molecular formula is C15H13FN2O2S. The lowest BCUT2D eigenvalue weighted by atomic mass is 10.1. The fourth-order valence-corrected chi connectivity index (χ4v) is 2.91. The molecule has 0 radical (unpaired) electrons. The minimum atomic E-state index is -3.70. The number of nitrogens with one attached hydrogen (secondary N) is 1. The fourth-order valence-electron chi connectivity index (χ4n) is 1.84. The van der Waals surface area contributed by atoms with Gasteiger partial charge in [0.25, 0.3) is 0 Å². The van der Waals surface area contributed by atoms with Gasteiger partial charge in [0.15, 0.2) is 0 Å². The van der Waals surface area contributed by atoms with Crippen LogP contribution in [0.15, 0.2) is 53.4 Å². The van der Waals surface area contributed by atoms with Gasteiger partial charge >= 0.3 is 0 Å². The number of nitriles is 1. The van der Waals surface area contributed by atoms with Crippen LogP contribution in [0.4, 0.5) is 4.39 Å². The number of benzene rings is 2. The molecule has 21 heavy (non-hydrogen) atoms. The molecule has 0 aliphatic heterocycles. The van der Waals surface area contributed by atoms with Crippen LogP contribution in [0.1, 0.15) is 11.1 Å². The van der Waals surface area contributed by atoms with E-state index in [-0.39, 0.29) is 29.2 Å². The van der Waals surface area contributed by atoms with Crippen LogP contribution in [0.5, 0.6) is 0 Å². The van der Waals surface area contributed by atoms with E-state index in [4.69, 9.17) is 5.26 Å². The van der Waals surface area contributed by atoms with Crippen molar-refractivity contribution >= 4 is 10.0 Å². The molecule has 108 valence electrons. The minimum Gasteiger partial charge on any atom is -0.211 e. The van der Waals surface area contributed by atoms with E-state index in [0.717, 1.165) is 0 Å². The molecule has 2 aromatic rings. The minimum absolute atomic E-state index is 0.0232. The van der Waals surface area contributed by atoms with Crippen molar-refractivity contribution in [2.45, 2.75) is 11.3 Å². The van der Waals surface area contributed by atoms with Crippen molar-refractivity contribution in [3.05, 3.63) is 65.5 Å². The first kappa shape index (κ1) is 15.2. The Labute approximate surface area is 122 Å². The Kier molecular flexibility index (Phi) is 4.68. The van der Waals surface area contributed by atoms with E-state index in [1.807, 2.05) is 6.07 Å². The first-order valence-electron chi connectivity index (χ1n) is 6.26. The first-order chi connectivity index (χ1) is 10.0. The van der Waals surface area contributed by atoms with Gasteiger partial charge in [-0.3, -0.25) is 0 Å². The van der Waals surface area contributed by atoms with Gasteiger partial charge in [-0.05, 0) is 36.2 Å². The third-order valence-electron chi connectivity index (χ3n) is 2.92. The molecule has 4 nitrogen and oxygen atoms in total. The molecule has 2 rings (SSSR count). The lowest BCUT2D eigenvalue weighted by Gasteiger charge is -2.07. The topological polar surface area (TPSA) is 70.0 Å². The quantitative estimate of drug-likeness (QED) is 0.920. The average molecular weight is 304 g/mol. The van der Waals surface area contributed by atoms with Gasteiger partial charge in [-0.15, -0.1) is 0 Å².